The number of nitrogens with zero attached hydrogens (tertiary/aromatic N) is 2. The number of ketones is 1. The summed E-state index contributed by atoms with van der Waals surface area (Å²) in [4.78, 5) is 27.6. The highest BCUT2D eigenvalue weighted by molar-refractivity contribution is 6.51. The molecule has 0 spiro atoms. The summed E-state index contributed by atoms with van der Waals surface area (Å²) < 4.78 is 11.3. The van der Waals surface area contributed by atoms with E-state index in [-0.39, 0.29) is 17.3 Å². The van der Waals surface area contributed by atoms with E-state index in [1.54, 1.807) is 54.6 Å². The standard InChI is InChI=1S/C27H24N2O5/c1-4-33-21-12-9-18(14-20(21)16(2)3)25(30)23-24(22-6-5-13-34-22)29(27(32)26(23)31)19-10-7-17(15-28)8-11-19/h5-14,16,24,30H,4H2,1-3H3/b25-23-. The van der Waals surface area contributed by atoms with Crippen LogP contribution in [0.25, 0.3) is 5.76 Å². The van der Waals surface area contributed by atoms with Crippen LogP contribution in [-0.2, 0) is 9.59 Å². The van der Waals surface area contributed by atoms with Gasteiger partial charge in [0.05, 0.1) is 30.1 Å². The molecule has 1 saturated heterocycles. The van der Waals surface area contributed by atoms with Crippen molar-refractivity contribution in [2.75, 3.05) is 11.5 Å². The maximum absolute atomic E-state index is 13.2. The lowest BCUT2D eigenvalue weighted by Gasteiger charge is -2.23. The summed E-state index contributed by atoms with van der Waals surface area (Å²) >= 11 is 0. The maximum atomic E-state index is 13.2. The number of benzene rings is 2. The van der Waals surface area contributed by atoms with Crippen molar-refractivity contribution >= 4 is 23.1 Å². The van der Waals surface area contributed by atoms with Crippen LogP contribution in [0.1, 0.15) is 55.2 Å². The number of aliphatic hydroxyl groups excluding tert-OH is 1. The van der Waals surface area contributed by atoms with E-state index in [0.29, 0.717) is 34.9 Å². The molecule has 7 nitrogen and oxygen atoms in total. The van der Waals surface area contributed by atoms with Gasteiger partial charge < -0.3 is 14.3 Å². The van der Waals surface area contributed by atoms with Crippen molar-refractivity contribution in [3.05, 3.63) is 88.9 Å². The van der Waals surface area contributed by atoms with Gasteiger partial charge in [0.1, 0.15) is 23.3 Å². The maximum Gasteiger partial charge on any atom is 0.300 e. The highest BCUT2D eigenvalue weighted by atomic mass is 16.5. The number of anilines is 1. The zero-order valence-corrected chi connectivity index (χ0v) is 19.1. The van der Waals surface area contributed by atoms with Gasteiger partial charge in [0.15, 0.2) is 0 Å². The minimum Gasteiger partial charge on any atom is -0.507 e. The molecule has 1 aliphatic rings. The number of ether oxygens (including phenoxy) is 1. The molecule has 0 bridgehead atoms. The number of aliphatic hydroxyl groups is 1. The molecule has 0 aliphatic carbocycles. The van der Waals surface area contributed by atoms with E-state index in [1.807, 2.05) is 26.8 Å². The first kappa shape index (κ1) is 22.9. The molecule has 172 valence electrons. The first-order chi connectivity index (χ1) is 16.4. The lowest BCUT2D eigenvalue weighted by atomic mass is 9.95. The molecule has 3 aromatic rings. The summed E-state index contributed by atoms with van der Waals surface area (Å²) in [5.74, 6) is -0.752. The van der Waals surface area contributed by atoms with Crippen molar-refractivity contribution in [2.45, 2.75) is 32.7 Å². The third-order valence-corrected chi connectivity index (χ3v) is 5.74. The summed E-state index contributed by atoms with van der Waals surface area (Å²) in [6.45, 7) is 6.41. The van der Waals surface area contributed by atoms with Gasteiger partial charge in [-0.25, -0.2) is 0 Å². The highest BCUT2D eigenvalue weighted by Gasteiger charge is 2.48. The Morgan fingerprint density at radius 2 is 1.91 bits per heavy atom. The lowest BCUT2D eigenvalue weighted by molar-refractivity contribution is -0.132. The van der Waals surface area contributed by atoms with Crippen LogP contribution >= 0.6 is 0 Å². The molecule has 1 fully saturated rings. The molecule has 1 aliphatic heterocycles. The Hall–Kier alpha value is -4.31. The van der Waals surface area contributed by atoms with Gasteiger partial charge in [0, 0.05) is 11.3 Å². The molecule has 1 aromatic heterocycles. The molecule has 2 aromatic carbocycles. The van der Waals surface area contributed by atoms with E-state index in [2.05, 4.69) is 0 Å². The molecule has 7 heteroatoms. The van der Waals surface area contributed by atoms with Crippen LogP contribution < -0.4 is 9.64 Å². The first-order valence-electron chi connectivity index (χ1n) is 11.0. The summed E-state index contributed by atoms with van der Waals surface area (Å²) in [5, 5.41) is 20.4. The van der Waals surface area contributed by atoms with E-state index >= 15 is 0 Å². The van der Waals surface area contributed by atoms with Crippen molar-refractivity contribution in [1.82, 2.24) is 0 Å². The zero-order chi connectivity index (χ0) is 24.4. The second kappa shape index (κ2) is 9.28. The van der Waals surface area contributed by atoms with Gasteiger partial charge >= 0.3 is 0 Å². The topological polar surface area (TPSA) is 104 Å². The van der Waals surface area contributed by atoms with Crippen LogP contribution in [-0.4, -0.2) is 23.4 Å². The highest BCUT2D eigenvalue weighted by Crippen LogP contribution is 2.43. The van der Waals surface area contributed by atoms with Gasteiger partial charge in [0.25, 0.3) is 11.7 Å². The average molecular weight is 456 g/mol. The Morgan fingerprint density at radius 1 is 1.18 bits per heavy atom. The van der Waals surface area contributed by atoms with Gasteiger partial charge in [-0.3, -0.25) is 14.5 Å². The van der Waals surface area contributed by atoms with Crippen LogP contribution in [0.5, 0.6) is 5.75 Å². The van der Waals surface area contributed by atoms with Gasteiger partial charge in [-0.05, 0) is 73.0 Å². The van der Waals surface area contributed by atoms with E-state index in [4.69, 9.17) is 14.4 Å². The van der Waals surface area contributed by atoms with Crippen LogP contribution in [0.3, 0.4) is 0 Å². The Balaban J connectivity index is 1.88. The number of furan rings is 1. The molecule has 0 radical (unpaired) electrons. The number of amides is 1. The number of hydrogen-bond acceptors (Lipinski definition) is 6. The molecular formula is C27H24N2O5. The number of carbonyl (C=O) groups is 2. The predicted octanol–water partition coefficient (Wildman–Crippen LogP) is 5.30. The average Bonchev–Trinajstić information content (AvgIpc) is 3.46. The lowest BCUT2D eigenvalue weighted by Crippen LogP contribution is -2.29. The van der Waals surface area contributed by atoms with Crippen LogP contribution in [0.4, 0.5) is 5.69 Å². The predicted molar refractivity (Wildman–Crippen MR) is 126 cm³/mol. The first-order valence-corrected chi connectivity index (χ1v) is 11.0. The molecule has 1 atom stereocenters. The Kier molecular flexibility index (Phi) is 6.24. The number of rotatable bonds is 6. The molecule has 0 saturated carbocycles. The Bertz CT molecular complexity index is 1300. The molecule has 1 unspecified atom stereocenters. The number of Topliss-reactive ketones (excluding diaryl/α,β-unsaturated/α-hetero) is 1. The molecule has 34 heavy (non-hydrogen) atoms. The van der Waals surface area contributed by atoms with Crippen LogP contribution in [0.2, 0.25) is 0 Å². The summed E-state index contributed by atoms with van der Waals surface area (Å²) in [6.07, 6.45) is 1.45. The molecule has 2 heterocycles. The Morgan fingerprint density at radius 3 is 2.50 bits per heavy atom. The van der Waals surface area contributed by atoms with Gasteiger partial charge in [0.2, 0.25) is 0 Å². The minimum absolute atomic E-state index is 0.0665. The SMILES string of the molecule is CCOc1ccc(/C(O)=C2/C(=O)C(=O)N(c3ccc(C#N)cc3)C2c2ccco2)cc1C(C)C. The third-order valence-electron chi connectivity index (χ3n) is 5.74. The van der Waals surface area contributed by atoms with E-state index < -0.39 is 17.7 Å². The largest absolute Gasteiger partial charge is 0.507 e. The zero-order valence-electron chi connectivity index (χ0n) is 19.1. The van der Waals surface area contributed by atoms with Crippen molar-refractivity contribution in [3.8, 4) is 11.8 Å². The van der Waals surface area contributed by atoms with Crippen LogP contribution in [0.15, 0.2) is 70.9 Å². The van der Waals surface area contributed by atoms with E-state index in [0.717, 1.165) is 5.56 Å². The fraction of sp³-hybridized carbons (Fsp3) is 0.222. The van der Waals surface area contributed by atoms with E-state index in [9.17, 15) is 14.7 Å². The normalized spacial score (nSPS) is 17.3. The van der Waals surface area contributed by atoms with Gasteiger partial charge in [-0.1, -0.05) is 13.8 Å². The summed E-state index contributed by atoms with van der Waals surface area (Å²) in [6, 6.07) is 15.9. The third kappa shape index (κ3) is 3.95. The van der Waals surface area contributed by atoms with Crippen LogP contribution in [0, 0.1) is 11.3 Å². The van der Waals surface area contributed by atoms with Crippen molar-refractivity contribution in [3.63, 3.8) is 0 Å². The smallest absolute Gasteiger partial charge is 0.300 e. The monoisotopic (exact) mass is 456 g/mol. The molecule has 1 N–H and O–H groups in total. The molecule has 1 amide bonds. The number of carbonyl (C=O) groups excluding carboxylic acids is 2. The van der Waals surface area contributed by atoms with Crippen molar-refractivity contribution in [1.29, 1.82) is 5.26 Å². The fourth-order valence-electron chi connectivity index (χ4n) is 4.10. The van der Waals surface area contributed by atoms with Gasteiger partial charge in [-0.2, -0.15) is 5.26 Å². The quantitative estimate of drug-likeness (QED) is 0.307. The Labute approximate surface area is 197 Å². The number of hydrogen-bond donors (Lipinski definition) is 1. The molecule has 4 rings (SSSR count). The second-order valence-electron chi connectivity index (χ2n) is 8.18. The summed E-state index contributed by atoms with van der Waals surface area (Å²) in [7, 11) is 0. The second-order valence-corrected chi connectivity index (χ2v) is 8.18. The van der Waals surface area contributed by atoms with Crippen molar-refractivity contribution in [2.24, 2.45) is 0 Å². The summed E-state index contributed by atoms with van der Waals surface area (Å²) in [5.41, 5.74) is 2.05. The van der Waals surface area contributed by atoms with Crippen molar-refractivity contribution < 1.29 is 23.8 Å². The molecular weight excluding hydrogens is 432 g/mol. The van der Waals surface area contributed by atoms with E-state index in [1.165, 1.54) is 11.2 Å². The van der Waals surface area contributed by atoms with Gasteiger partial charge in [-0.15, -0.1) is 0 Å². The number of nitriles is 1. The fourth-order valence-corrected chi connectivity index (χ4v) is 4.10. The minimum atomic E-state index is -0.961.